The van der Waals surface area contributed by atoms with Gasteiger partial charge in [-0.05, 0) is 31.5 Å². The van der Waals surface area contributed by atoms with E-state index in [0.717, 1.165) is 28.3 Å². The van der Waals surface area contributed by atoms with Crippen molar-refractivity contribution < 1.29 is 14.1 Å². The van der Waals surface area contributed by atoms with Crippen LogP contribution in [0, 0.1) is 13.8 Å². The molecule has 12 heteroatoms. The highest BCUT2D eigenvalue weighted by Gasteiger charge is 2.21. The Balaban J connectivity index is 1.31. The average Bonchev–Trinajstić information content (AvgIpc) is 3.46. The van der Waals surface area contributed by atoms with Gasteiger partial charge in [0, 0.05) is 19.0 Å². The fourth-order valence-electron chi connectivity index (χ4n) is 2.99. The number of carbonyl (C=O) groups is 2. The van der Waals surface area contributed by atoms with E-state index in [1.807, 2.05) is 18.2 Å². The van der Waals surface area contributed by atoms with Crippen molar-refractivity contribution in [1.29, 1.82) is 0 Å². The van der Waals surface area contributed by atoms with Crippen LogP contribution in [0.4, 0.5) is 9.93 Å². The number of hydrogen-bond acceptors (Lipinski definition) is 9. The quantitative estimate of drug-likeness (QED) is 0.455. The monoisotopic (exact) mass is 457 g/mol. The minimum absolute atomic E-state index is 0.191. The highest BCUT2D eigenvalue weighted by molar-refractivity contribution is 7.13. The number of benzene rings is 1. The lowest BCUT2D eigenvalue weighted by molar-refractivity contribution is 0.0781. The topological polar surface area (TPSA) is 126 Å². The maximum absolute atomic E-state index is 12.6. The van der Waals surface area contributed by atoms with Crippen molar-refractivity contribution in [2.75, 3.05) is 12.4 Å². The number of anilines is 1. The largest absolute Gasteiger partial charge is 0.361 e. The fraction of sp³-hybridized carbons (Fsp3) is 0.263. The third-order valence-electron chi connectivity index (χ3n) is 4.54. The predicted octanol–water partition coefficient (Wildman–Crippen LogP) is 3.35. The van der Waals surface area contributed by atoms with Gasteiger partial charge in [0.15, 0.2) is 5.13 Å². The summed E-state index contributed by atoms with van der Waals surface area (Å²) in [6.07, 6.45) is 0. The third kappa shape index (κ3) is 4.70. The van der Waals surface area contributed by atoms with E-state index in [0.29, 0.717) is 40.9 Å². The number of aryl methyl sites for hydroxylation is 2. The van der Waals surface area contributed by atoms with Crippen LogP contribution in [0.3, 0.4) is 0 Å². The van der Waals surface area contributed by atoms with E-state index < -0.39 is 0 Å². The molecule has 0 saturated heterocycles. The molecule has 3 amide bonds. The first-order valence-electron chi connectivity index (χ1n) is 9.29. The average molecular weight is 458 g/mol. The molecule has 3 heterocycles. The summed E-state index contributed by atoms with van der Waals surface area (Å²) in [5, 5.41) is 11.6. The molecule has 0 aliphatic carbocycles. The highest BCUT2D eigenvalue weighted by atomic mass is 32.1. The number of nitrogens with zero attached hydrogens (tertiary/aromatic N) is 5. The van der Waals surface area contributed by atoms with Crippen molar-refractivity contribution in [2.24, 2.45) is 0 Å². The van der Waals surface area contributed by atoms with E-state index in [2.05, 4.69) is 29.5 Å². The second-order valence-electron chi connectivity index (χ2n) is 6.90. The van der Waals surface area contributed by atoms with Gasteiger partial charge in [-0.1, -0.05) is 11.2 Å². The summed E-state index contributed by atoms with van der Waals surface area (Å²) in [5.74, 6) is 0.292. The number of urea groups is 1. The van der Waals surface area contributed by atoms with E-state index in [-0.39, 0.29) is 11.9 Å². The van der Waals surface area contributed by atoms with Gasteiger partial charge in [-0.25, -0.2) is 9.78 Å². The van der Waals surface area contributed by atoms with Crippen molar-refractivity contribution in [2.45, 2.75) is 26.9 Å². The predicted molar refractivity (Wildman–Crippen MR) is 117 cm³/mol. The Morgan fingerprint density at radius 2 is 2.00 bits per heavy atom. The van der Waals surface area contributed by atoms with Crippen molar-refractivity contribution in [3.8, 4) is 0 Å². The molecular formula is C19H19N7O3S2. The maximum Gasteiger partial charge on any atom is 0.321 e. The van der Waals surface area contributed by atoms with Crippen LogP contribution in [-0.4, -0.2) is 42.8 Å². The number of rotatable bonds is 6. The van der Waals surface area contributed by atoms with E-state index in [9.17, 15) is 9.59 Å². The van der Waals surface area contributed by atoms with Crippen LogP contribution >= 0.6 is 23.1 Å². The molecule has 0 atom stereocenters. The lowest BCUT2D eigenvalue weighted by atomic mass is 10.2. The maximum atomic E-state index is 12.6. The van der Waals surface area contributed by atoms with E-state index >= 15 is 0 Å². The van der Waals surface area contributed by atoms with Crippen LogP contribution in [-0.2, 0) is 13.1 Å². The molecule has 0 aliphatic rings. The zero-order valence-electron chi connectivity index (χ0n) is 17.0. The second kappa shape index (κ2) is 8.78. The molecule has 160 valence electrons. The first-order valence-corrected chi connectivity index (χ1v) is 10.9. The Hall–Kier alpha value is -3.38. The molecule has 3 aromatic heterocycles. The lowest BCUT2D eigenvalue weighted by Gasteiger charge is -2.15. The molecule has 0 bridgehead atoms. The Bertz CT molecular complexity index is 1230. The van der Waals surface area contributed by atoms with E-state index in [1.165, 1.54) is 16.2 Å². The van der Waals surface area contributed by atoms with Gasteiger partial charge in [-0.2, -0.15) is 8.75 Å². The van der Waals surface area contributed by atoms with Gasteiger partial charge < -0.3 is 14.7 Å². The van der Waals surface area contributed by atoms with Gasteiger partial charge in [-0.15, -0.1) is 11.3 Å². The van der Waals surface area contributed by atoms with Gasteiger partial charge in [0.2, 0.25) is 0 Å². The molecule has 0 fully saturated rings. The zero-order valence-corrected chi connectivity index (χ0v) is 18.6. The Kier molecular flexibility index (Phi) is 5.91. The minimum atomic E-state index is -0.363. The van der Waals surface area contributed by atoms with Crippen LogP contribution < -0.4 is 10.6 Å². The molecule has 4 rings (SSSR count). The SMILES string of the molecule is Cc1noc(C)c1C(=O)N(C)Cc1csc(NC(=O)NCc2ccc3nsnc3c2)n1. The number of carbonyl (C=O) groups excluding carboxylic acids is 2. The molecule has 0 radical (unpaired) electrons. The number of amides is 3. The molecule has 0 unspecified atom stereocenters. The smallest absolute Gasteiger partial charge is 0.321 e. The first-order chi connectivity index (χ1) is 14.9. The number of thiazole rings is 1. The van der Waals surface area contributed by atoms with Crippen molar-refractivity contribution in [1.82, 2.24) is 29.1 Å². The molecule has 0 aliphatic heterocycles. The summed E-state index contributed by atoms with van der Waals surface area (Å²) in [6.45, 7) is 4.08. The lowest BCUT2D eigenvalue weighted by Crippen LogP contribution is -2.28. The van der Waals surface area contributed by atoms with E-state index in [4.69, 9.17) is 4.52 Å². The molecule has 0 spiro atoms. The molecule has 0 saturated carbocycles. The number of aromatic nitrogens is 4. The molecule has 10 nitrogen and oxygen atoms in total. The van der Waals surface area contributed by atoms with Crippen molar-refractivity contribution in [3.05, 3.63) is 51.9 Å². The van der Waals surface area contributed by atoms with Crippen LogP contribution in [0.25, 0.3) is 11.0 Å². The third-order valence-corrected chi connectivity index (χ3v) is 5.90. The summed E-state index contributed by atoms with van der Waals surface area (Å²) in [5.41, 5.74) is 4.26. The molecule has 4 aromatic rings. The summed E-state index contributed by atoms with van der Waals surface area (Å²) < 4.78 is 13.4. The van der Waals surface area contributed by atoms with Crippen LogP contribution in [0.5, 0.6) is 0 Å². The molecule has 31 heavy (non-hydrogen) atoms. The van der Waals surface area contributed by atoms with Crippen molar-refractivity contribution >= 4 is 51.2 Å². The summed E-state index contributed by atoms with van der Waals surface area (Å²) >= 11 is 2.45. The van der Waals surface area contributed by atoms with Crippen molar-refractivity contribution in [3.63, 3.8) is 0 Å². The second-order valence-corrected chi connectivity index (χ2v) is 8.29. The summed E-state index contributed by atoms with van der Waals surface area (Å²) in [4.78, 5) is 30.8. The van der Waals surface area contributed by atoms with Gasteiger partial charge in [0.05, 0.1) is 29.7 Å². The Morgan fingerprint density at radius 1 is 1.19 bits per heavy atom. The minimum Gasteiger partial charge on any atom is -0.361 e. The Labute approximate surface area is 185 Å². The molecule has 2 N–H and O–H groups in total. The van der Waals surface area contributed by atoms with Gasteiger partial charge in [0.1, 0.15) is 22.4 Å². The summed E-state index contributed by atoms with van der Waals surface area (Å²) in [7, 11) is 1.68. The summed E-state index contributed by atoms with van der Waals surface area (Å²) in [6, 6.07) is 5.31. The number of fused-ring (bicyclic) bond motifs is 1. The first kappa shape index (κ1) is 20.9. The van der Waals surface area contributed by atoms with E-state index in [1.54, 1.807) is 26.3 Å². The normalized spacial score (nSPS) is 10.9. The number of hydrogen-bond donors (Lipinski definition) is 2. The van der Waals surface area contributed by atoms with Crippen LogP contribution in [0.2, 0.25) is 0 Å². The Morgan fingerprint density at radius 3 is 2.77 bits per heavy atom. The number of nitrogens with one attached hydrogen (secondary N) is 2. The van der Waals surface area contributed by atoms with Gasteiger partial charge in [-0.3, -0.25) is 10.1 Å². The van der Waals surface area contributed by atoms with Gasteiger partial charge >= 0.3 is 6.03 Å². The van der Waals surface area contributed by atoms with Gasteiger partial charge in [0.25, 0.3) is 5.91 Å². The zero-order chi connectivity index (χ0) is 22.0. The standard InChI is InChI=1S/C19H19N7O3S2/c1-10-16(11(2)29-23-10)17(27)26(3)8-13-9-30-19(21-13)22-18(28)20-7-12-4-5-14-15(6-12)25-31-24-14/h4-6,9H,7-8H2,1-3H3,(H2,20,21,22,28). The van der Waals surface area contributed by atoms with Crippen LogP contribution in [0.15, 0.2) is 28.1 Å². The van der Waals surface area contributed by atoms with Crippen LogP contribution in [0.1, 0.15) is 33.1 Å². The highest BCUT2D eigenvalue weighted by Crippen LogP contribution is 2.19. The molecule has 1 aromatic carbocycles. The molecular weight excluding hydrogens is 438 g/mol. The fourth-order valence-corrected chi connectivity index (χ4v) is 4.21.